The molecule has 4 rings (SSSR count). The lowest BCUT2D eigenvalue weighted by Gasteiger charge is -2.34. The highest BCUT2D eigenvalue weighted by atomic mass is 16.5. The number of nitrogens with zero attached hydrogens (tertiary/aromatic N) is 4. The van der Waals surface area contributed by atoms with Gasteiger partial charge in [0.1, 0.15) is 17.6 Å². The second kappa shape index (κ2) is 7.76. The molecule has 6 nitrogen and oxygen atoms in total. The van der Waals surface area contributed by atoms with Crippen LogP contribution in [0, 0.1) is 13.8 Å². The molecule has 0 aliphatic carbocycles. The third-order valence-corrected chi connectivity index (χ3v) is 5.18. The number of aryl methyl sites for hydroxylation is 2. The average molecular weight is 356 g/mol. The summed E-state index contributed by atoms with van der Waals surface area (Å²) < 4.78 is 11.9. The van der Waals surface area contributed by atoms with E-state index in [0.717, 1.165) is 74.6 Å². The van der Waals surface area contributed by atoms with Gasteiger partial charge < -0.3 is 14.1 Å². The summed E-state index contributed by atoms with van der Waals surface area (Å²) in [6.45, 7) is 9.64. The highest BCUT2D eigenvalue weighted by molar-refractivity contribution is 5.32. The molecule has 0 spiro atoms. The fourth-order valence-electron chi connectivity index (χ4n) is 3.79. The third kappa shape index (κ3) is 4.07. The summed E-state index contributed by atoms with van der Waals surface area (Å²) in [5.41, 5.74) is 2.06. The molecule has 2 aliphatic rings. The molecule has 0 bridgehead atoms. The summed E-state index contributed by atoms with van der Waals surface area (Å²) in [5.74, 6) is 2.88. The van der Waals surface area contributed by atoms with Crippen molar-refractivity contribution in [3.05, 3.63) is 41.1 Å². The molecule has 1 atom stereocenters. The molecule has 2 aromatic rings. The Morgan fingerprint density at radius 1 is 1.04 bits per heavy atom. The van der Waals surface area contributed by atoms with Crippen molar-refractivity contribution in [3.8, 4) is 0 Å². The first-order chi connectivity index (χ1) is 12.7. The van der Waals surface area contributed by atoms with Gasteiger partial charge in [-0.1, -0.05) is 0 Å². The summed E-state index contributed by atoms with van der Waals surface area (Å²) in [4.78, 5) is 13.9. The van der Waals surface area contributed by atoms with E-state index in [1.54, 1.807) is 0 Å². The zero-order valence-electron chi connectivity index (χ0n) is 15.8. The SMILES string of the molecule is Cc1cc(C)nc(N2CCN(Cc3ccc(C4CCCCO4)o3)CC2)n1. The lowest BCUT2D eigenvalue weighted by molar-refractivity contribution is 0.000832. The molecule has 140 valence electrons. The third-order valence-electron chi connectivity index (χ3n) is 5.18. The van der Waals surface area contributed by atoms with Gasteiger partial charge in [-0.05, 0) is 51.3 Å². The van der Waals surface area contributed by atoms with Crippen LogP contribution < -0.4 is 4.90 Å². The number of furan rings is 1. The molecular formula is C20H28N4O2. The van der Waals surface area contributed by atoms with Crippen molar-refractivity contribution in [1.82, 2.24) is 14.9 Å². The Kier molecular flexibility index (Phi) is 5.22. The van der Waals surface area contributed by atoms with Crippen LogP contribution in [0.3, 0.4) is 0 Å². The number of rotatable bonds is 4. The lowest BCUT2D eigenvalue weighted by atomic mass is 10.1. The van der Waals surface area contributed by atoms with Gasteiger partial charge in [0, 0.05) is 44.2 Å². The molecule has 4 heterocycles. The van der Waals surface area contributed by atoms with Crippen molar-refractivity contribution >= 4 is 5.95 Å². The van der Waals surface area contributed by atoms with Gasteiger partial charge in [0.2, 0.25) is 5.95 Å². The molecular weight excluding hydrogens is 328 g/mol. The fourth-order valence-corrected chi connectivity index (χ4v) is 3.79. The summed E-state index contributed by atoms with van der Waals surface area (Å²) in [6.07, 6.45) is 3.61. The molecule has 2 saturated heterocycles. The van der Waals surface area contributed by atoms with E-state index in [1.165, 1.54) is 12.8 Å². The Morgan fingerprint density at radius 3 is 2.50 bits per heavy atom. The van der Waals surface area contributed by atoms with Crippen molar-refractivity contribution < 1.29 is 9.15 Å². The molecule has 6 heteroatoms. The fraction of sp³-hybridized carbons (Fsp3) is 0.600. The lowest BCUT2D eigenvalue weighted by Crippen LogP contribution is -2.46. The predicted octanol–water partition coefficient (Wildman–Crippen LogP) is 3.25. The predicted molar refractivity (Wildman–Crippen MR) is 100 cm³/mol. The van der Waals surface area contributed by atoms with Crippen molar-refractivity contribution in [2.45, 2.75) is 45.8 Å². The summed E-state index contributed by atoms with van der Waals surface area (Å²) in [5, 5.41) is 0. The maximum atomic E-state index is 6.06. The van der Waals surface area contributed by atoms with E-state index in [2.05, 4.69) is 31.9 Å². The van der Waals surface area contributed by atoms with Crippen molar-refractivity contribution in [1.29, 1.82) is 0 Å². The topological polar surface area (TPSA) is 54.6 Å². The van der Waals surface area contributed by atoms with Crippen LogP contribution in [0.15, 0.2) is 22.6 Å². The van der Waals surface area contributed by atoms with E-state index in [4.69, 9.17) is 9.15 Å². The molecule has 26 heavy (non-hydrogen) atoms. The Bertz CT molecular complexity index is 711. The van der Waals surface area contributed by atoms with Crippen LogP contribution in [0.5, 0.6) is 0 Å². The number of hydrogen-bond donors (Lipinski definition) is 0. The highest BCUT2D eigenvalue weighted by Crippen LogP contribution is 2.29. The molecule has 2 fully saturated rings. The van der Waals surface area contributed by atoms with Gasteiger partial charge in [0.15, 0.2) is 0 Å². The van der Waals surface area contributed by atoms with Crippen molar-refractivity contribution in [2.24, 2.45) is 0 Å². The van der Waals surface area contributed by atoms with Gasteiger partial charge in [-0.25, -0.2) is 9.97 Å². The molecule has 0 radical (unpaired) electrons. The number of ether oxygens (including phenoxy) is 1. The van der Waals surface area contributed by atoms with Gasteiger partial charge in [-0.15, -0.1) is 0 Å². The van der Waals surface area contributed by atoms with Crippen LogP contribution in [0.2, 0.25) is 0 Å². The van der Waals surface area contributed by atoms with Gasteiger partial charge in [0.05, 0.1) is 6.54 Å². The zero-order chi connectivity index (χ0) is 17.9. The number of piperazine rings is 1. The minimum absolute atomic E-state index is 0.149. The largest absolute Gasteiger partial charge is 0.462 e. The van der Waals surface area contributed by atoms with Crippen molar-refractivity contribution in [3.63, 3.8) is 0 Å². The van der Waals surface area contributed by atoms with Crippen LogP contribution in [0.1, 0.15) is 48.3 Å². The van der Waals surface area contributed by atoms with Gasteiger partial charge in [-0.2, -0.15) is 0 Å². The Labute approximate surface area is 155 Å². The van der Waals surface area contributed by atoms with Gasteiger partial charge >= 0.3 is 0 Å². The first-order valence-electron chi connectivity index (χ1n) is 9.67. The summed E-state index contributed by atoms with van der Waals surface area (Å²) >= 11 is 0. The first kappa shape index (κ1) is 17.5. The van der Waals surface area contributed by atoms with E-state index in [1.807, 2.05) is 19.9 Å². The van der Waals surface area contributed by atoms with Crippen molar-refractivity contribution in [2.75, 3.05) is 37.7 Å². The molecule has 0 amide bonds. The Hall–Kier alpha value is -1.92. The summed E-state index contributed by atoms with van der Waals surface area (Å²) in [6, 6.07) is 6.21. The average Bonchev–Trinajstić information content (AvgIpc) is 3.11. The Balaban J connectivity index is 1.32. The van der Waals surface area contributed by atoms with Crippen LogP contribution in [-0.2, 0) is 11.3 Å². The quantitative estimate of drug-likeness (QED) is 0.838. The summed E-state index contributed by atoms with van der Waals surface area (Å²) in [7, 11) is 0. The van der Waals surface area contributed by atoms with E-state index in [0.29, 0.717) is 0 Å². The van der Waals surface area contributed by atoms with E-state index >= 15 is 0 Å². The number of anilines is 1. The van der Waals surface area contributed by atoms with Crippen LogP contribution in [0.25, 0.3) is 0 Å². The molecule has 1 unspecified atom stereocenters. The monoisotopic (exact) mass is 356 g/mol. The van der Waals surface area contributed by atoms with E-state index in [-0.39, 0.29) is 6.10 Å². The smallest absolute Gasteiger partial charge is 0.225 e. The van der Waals surface area contributed by atoms with Gasteiger partial charge in [-0.3, -0.25) is 4.90 Å². The molecule has 0 N–H and O–H groups in total. The first-order valence-corrected chi connectivity index (χ1v) is 9.67. The molecule has 2 aromatic heterocycles. The van der Waals surface area contributed by atoms with E-state index < -0.39 is 0 Å². The van der Waals surface area contributed by atoms with Gasteiger partial charge in [0.25, 0.3) is 0 Å². The molecule has 2 aliphatic heterocycles. The van der Waals surface area contributed by atoms with Crippen LogP contribution >= 0.6 is 0 Å². The maximum Gasteiger partial charge on any atom is 0.225 e. The zero-order valence-corrected chi connectivity index (χ0v) is 15.8. The maximum absolute atomic E-state index is 6.06. The minimum Gasteiger partial charge on any atom is -0.462 e. The number of aromatic nitrogens is 2. The van der Waals surface area contributed by atoms with Crippen LogP contribution in [-0.4, -0.2) is 47.7 Å². The standard InChI is InChI=1S/C20H28N4O2/c1-15-13-16(2)22-20(21-15)24-10-8-23(9-11-24)14-17-6-7-19(26-17)18-5-3-4-12-25-18/h6-7,13,18H,3-5,8-12,14H2,1-2H3. The second-order valence-electron chi connectivity index (χ2n) is 7.37. The molecule has 0 saturated carbocycles. The normalized spacial score (nSPS) is 21.9. The minimum atomic E-state index is 0.149. The highest BCUT2D eigenvalue weighted by Gasteiger charge is 2.22. The van der Waals surface area contributed by atoms with E-state index in [9.17, 15) is 0 Å². The Morgan fingerprint density at radius 2 is 1.81 bits per heavy atom. The number of hydrogen-bond acceptors (Lipinski definition) is 6. The van der Waals surface area contributed by atoms with Crippen LogP contribution in [0.4, 0.5) is 5.95 Å². The second-order valence-corrected chi connectivity index (χ2v) is 7.37. The molecule has 0 aromatic carbocycles.